The molecule has 0 bridgehead atoms. The fraction of sp³-hybridized carbons (Fsp3) is 0.214. The first kappa shape index (κ1) is 14.0. The predicted octanol–water partition coefficient (Wildman–Crippen LogP) is 4.19. The molecule has 0 saturated heterocycles. The van der Waals surface area contributed by atoms with Crippen LogP contribution in [0.4, 0.5) is 5.69 Å². The number of hydrogen-bond donors (Lipinski definition) is 1. The number of anilines is 1. The molecular weight excluding hydrogens is 282 g/mol. The van der Waals surface area contributed by atoms with Crippen molar-refractivity contribution in [3.8, 4) is 0 Å². The molecule has 2 aromatic rings. The Balaban J connectivity index is 1.83. The third-order valence-corrected chi connectivity index (χ3v) is 3.95. The van der Waals surface area contributed by atoms with Gasteiger partial charge in [-0.3, -0.25) is 4.79 Å². The maximum atomic E-state index is 12.0. The number of amides is 1. The second-order valence-electron chi connectivity index (χ2n) is 4.03. The summed E-state index contributed by atoms with van der Waals surface area (Å²) in [6, 6.07) is 10.8. The fourth-order valence-corrected chi connectivity index (χ4v) is 2.37. The van der Waals surface area contributed by atoms with E-state index < -0.39 is 0 Å². The highest BCUT2D eigenvalue weighted by Gasteiger charge is 2.14. The van der Waals surface area contributed by atoms with Gasteiger partial charge in [0.05, 0.1) is 17.3 Å². The van der Waals surface area contributed by atoms with Crippen molar-refractivity contribution in [2.45, 2.75) is 17.9 Å². The molecule has 100 valence electrons. The highest BCUT2D eigenvalue weighted by Crippen LogP contribution is 2.20. The number of hydrogen-bond acceptors (Lipinski definition) is 3. The second kappa shape index (κ2) is 6.68. The van der Waals surface area contributed by atoms with E-state index in [0.717, 1.165) is 11.4 Å². The molecule has 1 aromatic carbocycles. The highest BCUT2D eigenvalue weighted by atomic mass is 35.5. The molecule has 1 aromatic heterocycles. The van der Waals surface area contributed by atoms with E-state index in [-0.39, 0.29) is 11.2 Å². The van der Waals surface area contributed by atoms with Crippen molar-refractivity contribution in [2.75, 3.05) is 5.32 Å². The number of halogens is 1. The molecule has 1 N–H and O–H groups in total. The van der Waals surface area contributed by atoms with Gasteiger partial charge in [0.25, 0.3) is 0 Å². The molecule has 0 saturated carbocycles. The molecule has 1 amide bonds. The Morgan fingerprint density at radius 1 is 1.37 bits per heavy atom. The first-order valence-corrected chi connectivity index (χ1v) is 7.28. The van der Waals surface area contributed by atoms with E-state index in [4.69, 9.17) is 16.0 Å². The quantitative estimate of drug-likeness (QED) is 0.899. The summed E-state index contributed by atoms with van der Waals surface area (Å²) in [6.07, 6.45) is 1.63. The van der Waals surface area contributed by atoms with Crippen LogP contribution in [0.25, 0.3) is 0 Å². The summed E-state index contributed by atoms with van der Waals surface area (Å²) in [7, 11) is 0. The van der Waals surface area contributed by atoms with E-state index in [1.165, 1.54) is 11.8 Å². The summed E-state index contributed by atoms with van der Waals surface area (Å²) in [6.45, 7) is 1.87. The van der Waals surface area contributed by atoms with Crippen LogP contribution in [0.2, 0.25) is 5.02 Å². The van der Waals surface area contributed by atoms with Crippen molar-refractivity contribution in [1.29, 1.82) is 0 Å². The zero-order chi connectivity index (χ0) is 13.7. The van der Waals surface area contributed by atoms with Crippen LogP contribution in [0.3, 0.4) is 0 Å². The Morgan fingerprint density at radius 2 is 2.11 bits per heavy atom. The molecule has 2 rings (SSSR count). The zero-order valence-corrected chi connectivity index (χ0v) is 12.0. The normalized spacial score (nSPS) is 12.1. The molecule has 1 heterocycles. The lowest BCUT2D eigenvalue weighted by Gasteiger charge is -2.11. The zero-order valence-electron chi connectivity index (χ0n) is 10.4. The minimum atomic E-state index is -0.152. The lowest BCUT2D eigenvalue weighted by atomic mass is 10.3. The summed E-state index contributed by atoms with van der Waals surface area (Å²) in [5.41, 5.74) is 0.750. The molecule has 0 fully saturated rings. The standard InChI is InChI=1S/C14H14ClNO2S/c1-10(19-9-13-3-2-8-18-13)14(17)16-12-6-4-11(15)5-7-12/h2-8,10H,9H2,1H3,(H,16,17)/t10-/m1/s1. The van der Waals surface area contributed by atoms with Crippen molar-refractivity contribution in [3.05, 3.63) is 53.4 Å². The van der Waals surface area contributed by atoms with Crippen molar-refractivity contribution >= 4 is 35.0 Å². The molecule has 0 aliphatic carbocycles. The monoisotopic (exact) mass is 295 g/mol. The number of furan rings is 1. The molecule has 1 atom stereocenters. The van der Waals surface area contributed by atoms with Crippen LogP contribution >= 0.6 is 23.4 Å². The predicted molar refractivity (Wildman–Crippen MR) is 79.5 cm³/mol. The van der Waals surface area contributed by atoms with Gasteiger partial charge in [0.2, 0.25) is 5.91 Å². The summed E-state index contributed by atoms with van der Waals surface area (Å²) in [5, 5.41) is 3.35. The van der Waals surface area contributed by atoms with Crippen LogP contribution in [-0.2, 0) is 10.5 Å². The Hall–Kier alpha value is -1.39. The number of benzene rings is 1. The Bertz CT molecular complexity index is 525. The van der Waals surface area contributed by atoms with Gasteiger partial charge in [-0.1, -0.05) is 11.6 Å². The van der Waals surface area contributed by atoms with Gasteiger partial charge in [0.1, 0.15) is 5.76 Å². The Kier molecular flexibility index (Phi) is 4.93. The van der Waals surface area contributed by atoms with E-state index >= 15 is 0 Å². The van der Waals surface area contributed by atoms with Crippen LogP contribution in [0.5, 0.6) is 0 Å². The molecule has 0 radical (unpaired) electrons. The molecule has 19 heavy (non-hydrogen) atoms. The van der Waals surface area contributed by atoms with Crippen LogP contribution in [0.15, 0.2) is 47.1 Å². The lowest BCUT2D eigenvalue weighted by molar-refractivity contribution is -0.115. The average Bonchev–Trinajstić information content (AvgIpc) is 2.91. The fourth-order valence-electron chi connectivity index (χ4n) is 1.45. The number of carbonyl (C=O) groups is 1. The van der Waals surface area contributed by atoms with Crippen LogP contribution in [0.1, 0.15) is 12.7 Å². The van der Waals surface area contributed by atoms with Crippen molar-refractivity contribution in [2.24, 2.45) is 0 Å². The highest BCUT2D eigenvalue weighted by molar-refractivity contribution is 7.99. The minimum absolute atomic E-state index is 0.0288. The third-order valence-electron chi connectivity index (χ3n) is 2.54. The van der Waals surface area contributed by atoms with Crippen LogP contribution in [-0.4, -0.2) is 11.2 Å². The first-order chi connectivity index (χ1) is 9.15. The van der Waals surface area contributed by atoms with Crippen LogP contribution < -0.4 is 5.32 Å². The SMILES string of the molecule is C[C@@H](SCc1ccco1)C(=O)Nc1ccc(Cl)cc1. The summed E-state index contributed by atoms with van der Waals surface area (Å²) in [4.78, 5) is 12.0. The van der Waals surface area contributed by atoms with Gasteiger partial charge in [-0.25, -0.2) is 0 Å². The molecule has 3 nitrogen and oxygen atoms in total. The van der Waals surface area contributed by atoms with Gasteiger partial charge in [-0.05, 0) is 43.3 Å². The number of rotatable bonds is 5. The molecule has 0 spiro atoms. The lowest BCUT2D eigenvalue weighted by Crippen LogP contribution is -2.22. The van der Waals surface area contributed by atoms with Crippen LogP contribution in [0, 0.1) is 0 Å². The van der Waals surface area contributed by atoms with Gasteiger partial charge in [0, 0.05) is 10.7 Å². The van der Waals surface area contributed by atoms with E-state index in [0.29, 0.717) is 10.8 Å². The van der Waals surface area contributed by atoms with E-state index in [1.54, 1.807) is 30.5 Å². The molecule has 0 unspecified atom stereocenters. The Morgan fingerprint density at radius 3 is 2.74 bits per heavy atom. The third kappa shape index (κ3) is 4.33. The van der Waals surface area contributed by atoms with Gasteiger partial charge in [-0.15, -0.1) is 11.8 Å². The summed E-state index contributed by atoms with van der Waals surface area (Å²) >= 11 is 7.32. The second-order valence-corrected chi connectivity index (χ2v) is 5.79. The van der Waals surface area contributed by atoms with Gasteiger partial charge >= 0.3 is 0 Å². The smallest absolute Gasteiger partial charge is 0.237 e. The number of thioether (sulfide) groups is 1. The molecular formula is C14H14ClNO2S. The number of carbonyl (C=O) groups excluding carboxylic acids is 1. The van der Waals surface area contributed by atoms with Crippen molar-refractivity contribution in [1.82, 2.24) is 0 Å². The van der Waals surface area contributed by atoms with Gasteiger partial charge in [0.15, 0.2) is 0 Å². The maximum absolute atomic E-state index is 12.0. The maximum Gasteiger partial charge on any atom is 0.237 e. The molecule has 0 aliphatic rings. The minimum Gasteiger partial charge on any atom is -0.468 e. The van der Waals surface area contributed by atoms with E-state index in [2.05, 4.69) is 5.32 Å². The van der Waals surface area contributed by atoms with Crippen molar-refractivity contribution < 1.29 is 9.21 Å². The summed E-state index contributed by atoms with van der Waals surface area (Å²) < 4.78 is 5.23. The van der Waals surface area contributed by atoms with Gasteiger partial charge < -0.3 is 9.73 Å². The van der Waals surface area contributed by atoms with E-state index in [9.17, 15) is 4.79 Å². The first-order valence-electron chi connectivity index (χ1n) is 5.85. The largest absolute Gasteiger partial charge is 0.468 e. The van der Waals surface area contributed by atoms with Crippen molar-refractivity contribution in [3.63, 3.8) is 0 Å². The van der Waals surface area contributed by atoms with E-state index in [1.807, 2.05) is 19.1 Å². The van der Waals surface area contributed by atoms with Gasteiger partial charge in [-0.2, -0.15) is 0 Å². The number of nitrogens with one attached hydrogen (secondary N) is 1. The summed E-state index contributed by atoms with van der Waals surface area (Å²) in [5.74, 6) is 1.53. The molecule has 0 aliphatic heterocycles. The average molecular weight is 296 g/mol. The topological polar surface area (TPSA) is 42.2 Å². The molecule has 5 heteroatoms. The Labute approximate surface area is 121 Å².